The molecule has 2 rings (SSSR count). The minimum atomic E-state index is -4.76. The summed E-state index contributed by atoms with van der Waals surface area (Å²) in [5, 5.41) is 1.19. The van der Waals surface area contributed by atoms with Crippen molar-refractivity contribution in [2.24, 2.45) is 7.05 Å². The molecule has 0 aliphatic heterocycles. The van der Waals surface area contributed by atoms with Gasteiger partial charge in [0.05, 0.1) is 0 Å². The molecule has 0 saturated carbocycles. The van der Waals surface area contributed by atoms with E-state index in [-0.39, 0.29) is 23.4 Å². The predicted octanol–water partition coefficient (Wildman–Crippen LogP) is 2.63. The molecule has 0 amide bonds. The first-order chi connectivity index (χ1) is 7.44. The van der Waals surface area contributed by atoms with Crippen molar-refractivity contribution in [1.29, 1.82) is 0 Å². The second-order valence-corrected chi connectivity index (χ2v) is 3.00. The van der Waals surface area contributed by atoms with Crippen LogP contribution in [-0.2, 0) is 28.9 Å². The fraction of sp³-hybridized carbons (Fsp3) is 0.182. The Bertz CT molecular complexity index is 479. The number of benzene rings is 1. The zero-order valence-corrected chi connectivity index (χ0v) is 9.62. The van der Waals surface area contributed by atoms with Crippen molar-refractivity contribution < 1.29 is 35.0 Å². The van der Waals surface area contributed by atoms with E-state index in [2.05, 4.69) is 22.8 Å². The van der Waals surface area contributed by atoms with Crippen LogP contribution in [0.25, 0.3) is 10.9 Å². The van der Waals surface area contributed by atoms with Gasteiger partial charge >= 0.3 is 17.1 Å². The topological polar surface area (TPSA) is 22.0 Å². The number of aryl methyl sites for hydroxylation is 1. The van der Waals surface area contributed by atoms with Crippen molar-refractivity contribution in [1.82, 2.24) is 4.57 Å². The van der Waals surface area contributed by atoms with Crippen molar-refractivity contribution >= 4 is 17.2 Å². The van der Waals surface area contributed by atoms with Crippen molar-refractivity contribution in [2.45, 2.75) is 6.18 Å². The Hall–Kier alpha value is -1.26. The van der Waals surface area contributed by atoms with Crippen LogP contribution >= 0.6 is 0 Å². The van der Waals surface area contributed by atoms with E-state index in [4.69, 9.17) is 4.79 Å². The zero-order chi connectivity index (χ0) is 12.2. The molecule has 0 N–H and O–H groups in total. The molecule has 2 nitrogen and oxygen atoms in total. The molecule has 0 aliphatic rings. The third-order valence-corrected chi connectivity index (χ3v) is 1.81. The van der Waals surface area contributed by atoms with Crippen LogP contribution in [0.5, 0.6) is 0 Å². The molecule has 2 aromatic rings. The van der Waals surface area contributed by atoms with Crippen LogP contribution in [0.15, 0.2) is 30.5 Å². The maximum absolute atomic E-state index is 10.4. The fourth-order valence-corrected chi connectivity index (χ4v) is 1.14. The number of fused-ring (bicyclic) bond motifs is 1. The van der Waals surface area contributed by atoms with Crippen LogP contribution in [-0.4, -0.2) is 17.0 Å². The molecule has 6 heteroatoms. The summed E-state index contributed by atoms with van der Waals surface area (Å²) >= 11 is 0. The van der Waals surface area contributed by atoms with Crippen LogP contribution in [0, 0.1) is 6.07 Å². The first-order valence-corrected chi connectivity index (χ1v) is 4.32. The number of halogens is 3. The summed E-state index contributed by atoms with van der Waals surface area (Å²) < 4.78 is 33.1. The molecule has 1 radical (unpaired) electrons. The summed E-state index contributed by atoms with van der Waals surface area (Å²) in [6, 6.07) is 11.4. The number of aromatic nitrogens is 1. The maximum atomic E-state index is 10.4. The molecule has 0 spiro atoms. The molecule has 17 heavy (non-hydrogen) atoms. The number of para-hydroxylation sites is 1. The maximum Gasteiger partial charge on any atom is 2.00 e. The largest absolute Gasteiger partial charge is 2.00 e. The van der Waals surface area contributed by atoms with E-state index in [0.717, 1.165) is 0 Å². The number of hydrogen-bond acceptors (Lipinski definition) is 1. The molecule has 0 saturated heterocycles. The first-order valence-electron chi connectivity index (χ1n) is 4.32. The number of carbonyl (C=O) groups excluding carboxylic acids is 1. The van der Waals surface area contributed by atoms with E-state index < -0.39 is 6.18 Å². The quantitative estimate of drug-likeness (QED) is 0.540. The number of nitrogens with zero attached hydrogens (tertiary/aromatic N) is 1. The molecule has 0 atom stereocenters. The van der Waals surface area contributed by atoms with Crippen molar-refractivity contribution in [3.8, 4) is 0 Å². The Morgan fingerprint density at radius 1 is 1.29 bits per heavy atom. The number of hydrogen-bond donors (Lipinski definition) is 0. The molecule has 1 heterocycles. The fourth-order valence-electron chi connectivity index (χ4n) is 1.14. The normalized spacial score (nSPS) is 10.1. The van der Waals surface area contributed by atoms with Crippen molar-refractivity contribution in [3.05, 3.63) is 36.5 Å². The minimum Gasteiger partial charge on any atom is -0.533 e. The summed E-state index contributed by atoms with van der Waals surface area (Å²) in [5.41, 5.74) is 1.24. The van der Waals surface area contributed by atoms with Crippen molar-refractivity contribution in [2.75, 3.05) is 0 Å². The van der Waals surface area contributed by atoms with Gasteiger partial charge in [0.15, 0.2) is 0 Å². The number of alkyl halides is 3. The van der Waals surface area contributed by atoms with E-state index in [9.17, 15) is 13.2 Å². The minimum absolute atomic E-state index is 0. The van der Waals surface area contributed by atoms with Crippen LogP contribution < -0.4 is 0 Å². The summed E-state index contributed by atoms with van der Waals surface area (Å²) in [4.78, 5) is 8.58. The van der Waals surface area contributed by atoms with Gasteiger partial charge in [-0.15, -0.1) is 6.07 Å². The monoisotopic (exact) mass is 290 g/mol. The molecule has 95 valence electrons. The van der Waals surface area contributed by atoms with Gasteiger partial charge in [-0.1, -0.05) is 23.8 Å². The third-order valence-electron chi connectivity index (χ3n) is 1.81. The smallest absolute Gasteiger partial charge is 0.533 e. The van der Waals surface area contributed by atoms with E-state index >= 15 is 0 Å². The molecular weight excluding hydrogens is 283 g/mol. The van der Waals surface area contributed by atoms with Gasteiger partial charge in [0.25, 0.3) is 6.18 Å². The van der Waals surface area contributed by atoms with Crippen LogP contribution in [0.3, 0.4) is 0 Å². The average molecular weight is 291 g/mol. The summed E-state index contributed by atoms with van der Waals surface area (Å²) in [6.45, 7) is 0. The SMILES string of the molecule is Cn1c[c-]c2ccccc21.O=[C-]C(F)(F)F.[Cu+2]. The Morgan fingerprint density at radius 2 is 1.82 bits per heavy atom. The summed E-state index contributed by atoms with van der Waals surface area (Å²) in [5.74, 6) is 0. The van der Waals surface area contributed by atoms with Gasteiger partial charge in [0.1, 0.15) is 0 Å². The van der Waals surface area contributed by atoms with Gasteiger partial charge in [-0.3, -0.25) is 0 Å². The van der Waals surface area contributed by atoms with E-state index in [0.29, 0.717) is 0 Å². The van der Waals surface area contributed by atoms with Gasteiger partial charge in [-0.05, 0) is 7.05 Å². The summed E-state index contributed by atoms with van der Waals surface area (Å²) in [7, 11) is 2.03. The molecular formula is C11H8CuF3NO. The number of rotatable bonds is 0. The third kappa shape index (κ3) is 5.06. The Labute approximate surface area is 107 Å². The summed E-state index contributed by atoms with van der Waals surface area (Å²) in [6.07, 6.45) is -2.96. The Morgan fingerprint density at radius 3 is 2.29 bits per heavy atom. The molecule has 1 aromatic heterocycles. The van der Waals surface area contributed by atoms with Crippen molar-refractivity contribution in [3.63, 3.8) is 0 Å². The first kappa shape index (κ1) is 15.7. The van der Waals surface area contributed by atoms with Crippen LogP contribution in [0.1, 0.15) is 0 Å². The van der Waals surface area contributed by atoms with E-state index in [1.807, 2.05) is 25.4 Å². The molecule has 1 aromatic carbocycles. The molecule has 0 aliphatic carbocycles. The average Bonchev–Trinajstić information content (AvgIpc) is 2.61. The van der Waals surface area contributed by atoms with Gasteiger partial charge in [0, 0.05) is 0 Å². The Balaban J connectivity index is 0.000000324. The second kappa shape index (κ2) is 6.47. The van der Waals surface area contributed by atoms with Gasteiger partial charge < -0.3 is 9.36 Å². The zero-order valence-electron chi connectivity index (χ0n) is 8.68. The molecule has 0 bridgehead atoms. The standard InChI is InChI=1S/C9H8N.C2F3O.Cu/c1-10-7-6-8-4-2-3-5-9(8)10;3-2(4,5)1-6;/h2-5,7H,1H3;;/q2*-1;+2. The Kier molecular flexibility index (Phi) is 5.99. The van der Waals surface area contributed by atoms with Crippen LogP contribution in [0.2, 0.25) is 0 Å². The van der Waals surface area contributed by atoms with E-state index in [1.54, 1.807) is 0 Å². The predicted molar refractivity (Wildman–Crippen MR) is 53.5 cm³/mol. The molecule has 0 unspecified atom stereocenters. The van der Waals surface area contributed by atoms with E-state index in [1.165, 1.54) is 10.9 Å². The molecule has 0 fully saturated rings. The van der Waals surface area contributed by atoms with Gasteiger partial charge in [-0.25, -0.2) is 13.2 Å². The van der Waals surface area contributed by atoms with Gasteiger partial charge in [-0.2, -0.15) is 23.8 Å². The van der Waals surface area contributed by atoms with Crippen LogP contribution in [0.4, 0.5) is 13.2 Å². The second-order valence-electron chi connectivity index (χ2n) is 3.00. The van der Waals surface area contributed by atoms with Gasteiger partial charge in [0.2, 0.25) is 0 Å².